The van der Waals surface area contributed by atoms with E-state index in [9.17, 15) is 0 Å². The van der Waals surface area contributed by atoms with Crippen molar-refractivity contribution in [2.45, 2.75) is 13.8 Å². The Morgan fingerprint density at radius 3 is 2.22 bits per heavy atom. The van der Waals surface area contributed by atoms with E-state index in [1.165, 1.54) is 55.1 Å². The first-order valence-corrected chi connectivity index (χ1v) is 18.4. The van der Waals surface area contributed by atoms with Crippen molar-refractivity contribution in [1.82, 2.24) is 9.13 Å². The first-order chi connectivity index (χ1) is 18.1. The summed E-state index contributed by atoms with van der Waals surface area (Å²) in [4.78, 5) is 0. The van der Waals surface area contributed by atoms with Crippen LogP contribution in [0.4, 0.5) is 0 Å². The molecule has 0 saturated heterocycles. The second-order valence-electron chi connectivity index (χ2n) is 8.87. The van der Waals surface area contributed by atoms with Gasteiger partial charge >= 0.3 is 37.9 Å². The van der Waals surface area contributed by atoms with Gasteiger partial charge in [0.15, 0.2) is 0 Å². The third-order valence-corrected chi connectivity index (χ3v) is 6.83. The van der Waals surface area contributed by atoms with Crippen LogP contribution in [0.3, 0.4) is 0 Å². The molecule has 0 aliphatic heterocycles. The van der Waals surface area contributed by atoms with E-state index in [0.717, 1.165) is 0 Å². The summed E-state index contributed by atoms with van der Waals surface area (Å²) < 4.78 is 4.51. The molecule has 0 radical (unpaired) electrons. The Morgan fingerprint density at radius 1 is 0.730 bits per heavy atom. The average molecular weight is 601 g/mol. The maximum Gasteiger partial charge on any atom is 0.00799 e. The Bertz CT molecular complexity index is 1720. The van der Waals surface area contributed by atoms with Gasteiger partial charge in [-0.15, -0.1) is 70.1 Å². The van der Waals surface area contributed by atoms with Gasteiger partial charge in [-0.2, -0.15) is 12.1 Å². The minimum atomic E-state index is -0.826. The monoisotopic (exact) mass is 598 g/mol. The summed E-state index contributed by atoms with van der Waals surface area (Å²) >= 11 is -0.826. The van der Waals surface area contributed by atoms with E-state index >= 15 is 0 Å². The van der Waals surface area contributed by atoms with Crippen molar-refractivity contribution >= 4 is 49.5 Å². The fourth-order valence-electron chi connectivity index (χ4n) is 4.99. The summed E-state index contributed by atoms with van der Waals surface area (Å²) in [6, 6.07) is 38.6. The molecule has 0 amide bonds. The molecule has 0 aliphatic rings. The topological polar surface area (TPSA) is 9.86 Å². The van der Waals surface area contributed by atoms with E-state index in [-0.39, 0.29) is 0 Å². The van der Waals surface area contributed by atoms with E-state index in [2.05, 4.69) is 132 Å². The minimum Gasteiger partial charge on any atom is -0.333 e. The predicted molar refractivity (Wildman–Crippen MR) is 156 cm³/mol. The van der Waals surface area contributed by atoms with Crippen LogP contribution >= 0.6 is 17.0 Å². The van der Waals surface area contributed by atoms with Gasteiger partial charge in [-0.1, -0.05) is 30.3 Å². The molecule has 0 fully saturated rings. The van der Waals surface area contributed by atoms with Gasteiger partial charge < -0.3 is 9.13 Å². The van der Waals surface area contributed by atoms with E-state index in [0.29, 0.717) is 0 Å². The van der Waals surface area contributed by atoms with Crippen LogP contribution in [-0.4, -0.2) is 9.13 Å². The molecule has 0 unspecified atom stereocenters. The molecule has 0 N–H and O–H groups in total. The Labute approximate surface area is 236 Å². The van der Waals surface area contributed by atoms with Crippen molar-refractivity contribution in [1.29, 1.82) is 0 Å². The average Bonchev–Trinajstić information content (AvgIpc) is 3.72. The number of nitrogens with zero attached hydrogens (tertiary/aromatic N) is 2. The molecule has 7 rings (SSSR count). The standard InChI is InChI=1S/C19H16N.C13H10N.2ClH.Zr/c1-13-14(2)20(19-10-6-5-9-18(13)19)17-11-15-7-3-4-8-16(15)12-17;1-2-10-14(9-1)13-8-4-6-11-5-3-7-12(11)13;;;/h3-12H,1-2H3;1-10H;2*1H;/q2*-1;;;+4/p-2. The number of para-hydroxylation sites is 1. The number of fused-ring (bicyclic) bond motifs is 3. The number of halogens is 2. The van der Waals surface area contributed by atoms with Crippen LogP contribution in [0.2, 0.25) is 0 Å². The minimum absolute atomic E-state index is 0.826. The van der Waals surface area contributed by atoms with Crippen molar-refractivity contribution in [2.75, 3.05) is 0 Å². The van der Waals surface area contributed by atoms with Crippen LogP contribution < -0.4 is 0 Å². The first kappa shape index (κ1) is 25.8. The zero-order valence-corrected chi connectivity index (χ0v) is 24.7. The summed E-state index contributed by atoms with van der Waals surface area (Å²) in [5, 5.41) is 6.56. The van der Waals surface area contributed by atoms with Crippen LogP contribution in [0.5, 0.6) is 0 Å². The van der Waals surface area contributed by atoms with Gasteiger partial charge in [0.25, 0.3) is 0 Å². The molecule has 182 valence electrons. The fraction of sp³-hybridized carbons (Fsp3) is 0.0625. The van der Waals surface area contributed by atoms with Crippen LogP contribution in [0, 0.1) is 13.8 Å². The van der Waals surface area contributed by atoms with Crippen molar-refractivity contribution in [2.24, 2.45) is 0 Å². The molecule has 0 aliphatic carbocycles. The summed E-state index contributed by atoms with van der Waals surface area (Å²) in [7, 11) is 9.87. The molecule has 2 aromatic heterocycles. The fourth-order valence-corrected chi connectivity index (χ4v) is 4.99. The molecule has 0 bridgehead atoms. The number of aryl methyl sites for hydroxylation is 1. The van der Waals surface area contributed by atoms with Crippen molar-refractivity contribution in [3.63, 3.8) is 0 Å². The molecule has 0 atom stereocenters. The molecule has 0 spiro atoms. The van der Waals surface area contributed by atoms with E-state index in [1.807, 2.05) is 12.1 Å². The third kappa shape index (κ3) is 5.27. The zero-order valence-electron chi connectivity index (χ0n) is 20.7. The molecule has 5 heteroatoms. The summed E-state index contributed by atoms with van der Waals surface area (Å²) in [6.07, 6.45) is 4.14. The SMILES string of the molecule is Cc1c(C)n(-c2cc3ccccc3[cH-]2)c2ccccc12.[Cl][Zr+2][Cl].c1cc(-n2cccc2)c2cc[cH-]c2c1. The molecule has 2 heterocycles. The predicted octanol–water partition coefficient (Wildman–Crippen LogP) is 9.85. The summed E-state index contributed by atoms with van der Waals surface area (Å²) in [5.41, 5.74) is 6.48. The number of hydrogen-bond donors (Lipinski definition) is 0. The maximum absolute atomic E-state index is 4.93. The van der Waals surface area contributed by atoms with Crippen LogP contribution in [0.1, 0.15) is 11.3 Å². The van der Waals surface area contributed by atoms with Gasteiger partial charge in [0.1, 0.15) is 0 Å². The van der Waals surface area contributed by atoms with Crippen molar-refractivity contribution < 1.29 is 20.8 Å². The normalized spacial score (nSPS) is 10.6. The molecule has 0 saturated carbocycles. The van der Waals surface area contributed by atoms with Crippen LogP contribution in [0.25, 0.3) is 43.8 Å². The van der Waals surface area contributed by atoms with Gasteiger partial charge in [-0.3, -0.25) is 0 Å². The Balaban J connectivity index is 0.000000144. The van der Waals surface area contributed by atoms with Gasteiger partial charge in [-0.05, 0) is 43.3 Å². The molecular formula is C32H26Cl2N2Zr. The van der Waals surface area contributed by atoms with E-state index < -0.39 is 20.8 Å². The van der Waals surface area contributed by atoms with Gasteiger partial charge in [0.05, 0.1) is 5.52 Å². The molecule has 5 aromatic carbocycles. The smallest absolute Gasteiger partial charge is 0.00799 e. The van der Waals surface area contributed by atoms with E-state index in [4.69, 9.17) is 17.0 Å². The summed E-state index contributed by atoms with van der Waals surface area (Å²) in [5.74, 6) is 0. The van der Waals surface area contributed by atoms with E-state index in [1.54, 1.807) is 0 Å². The molecule has 7 aromatic rings. The Morgan fingerprint density at radius 2 is 1.43 bits per heavy atom. The van der Waals surface area contributed by atoms with Gasteiger partial charge in [0.2, 0.25) is 0 Å². The number of aromatic nitrogens is 2. The maximum atomic E-state index is 4.93. The molecular weight excluding hydrogens is 574 g/mol. The first-order valence-electron chi connectivity index (χ1n) is 12.1. The van der Waals surface area contributed by atoms with Crippen LogP contribution in [-0.2, 0) is 20.8 Å². The van der Waals surface area contributed by atoms with Gasteiger partial charge in [0, 0.05) is 29.2 Å². The van der Waals surface area contributed by atoms with Gasteiger partial charge in [-0.25, -0.2) is 0 Å². The zero-order chi connectivity index (χ0) is 25.8. The second kappa shape index (κ2) is 11.7. The van der Waals surface area contributed by atoms with Crippen LogP contribution in [0.15, 0.2) is 122 Å². The molecule has 2 nitrogen and oxygen atoms in total. The second-order valence-corrected chi connectivity index (χ2v) is 12.6. The number of rotatable bonds is 2. The number of hydrogen-bond acceptors (Lipinski definition) is 0. The molecule has 37 heavy (non-hydrogen) atoms. The number of benzene rings is 3. The quantitative estimate of drug-likeness (QED) is 0.175. The summed E-state index contributed by atoms with van der Waals surface area (Å²) in [6.45, 7) is 4.41. The Hall–Kier alpha value is -2.84. The third-order valence-electron chi connectivity index (χ3n) is 6.83. The Kier molecular flexibility index (Phi) is 8.15. The largest absolute Gasteiger partial charge is 0.333 e. The van der Waals surface area contributed by atoms with Crippen molar-refractivity contribution in [3.05, 3.63) is 133 Å². The van der Waals surface area contributed by atoms with Crippen molar-refractivity contribution in [3.8, 4) is 11.4 Å².